The van der Waals surface area contributed by atoms with Gasteiger partial charge in [-0.25, -0.2) is 8.42 Å². The quantitative estimate of drug-likeness (QED) is 0.823. The zero-order valence-electron chi connectivity index (χ0n) is 14.5. The molecular weight excluding hydrogens is 340 g/mol. The summed E-state index contributed by atoms with van der Waals surface area (Å²) in [4.78, 5) is 25.6. The molecular formula is C18H24N2O4S. The van der Waals surface area contributed by atoms with Gasteiger partial charge in [0.25, 0.3) is 5.91 Å². The van der Waals surface area contributed by atoms with Crippen molar-refractivity contribution in [3.8, 4) is 0 Å². The summed E-state index contributed by atoms with van der Waals surface area (Å²) >= 11 is 0. The molecule has 1 amide bonds. The number of hydrogen-bond acceptors (Lipinski definition) is 4. The third kappa shape index (κ3) is 3.77. The lowest BCUT2D eigenvalue weighted by molar-refractivity contribution is -0.120. The van der Waals surface area contributed by atoms with E-state index in [4.69, 9.17) is 0 Å². The molecule has 1 atom stereocenters. The fourth-order valence-corrected chi connectivity index (χ4v) is 5.17. The van der Waals surface area contributed by atoms with Gasteiger partial charge in [0.05, 0.1) is 4.90 Å². The Bertz CT molecular complexity index is 748. The van der Waals surface area contributed by atoms with Gasteiger partial charge in [0, 0.05) is 44.1 Å². The molecule has 2 aliphatic heterocycles. The van der Waals surface area contributed by atoms with Crippen LogP contribution in [0.2, 0.25) is 0 Å². The minimum absolute atomic E-state index is 0.00550. The number of piperidine rings is 2. The van der Waals surface area contributed by atoms with Crippen molar-refractivity contribution >= 4 is 21.7 Å². The van der Waals surface area contributed by atoms with Crippen LogP contribution in [0.5, 0.6) is 0 Å². The number of rotatable bonds is 3. The largest absolute Gasteiger partial charge is 0.338 e. The van der Waals surface area contributed by atoms with Crippen molar-refractivity contribution < 1.29 is 18.0 Å². The van der Waals surface area contributed by atoms with E-state index in [9.17, 15) is 18.0 Å². The van der Waals surface area contributed by atoms with Crippen LogP contribution in [0.1, 0.15) is 49.4 Å². The molecule has 25 heavy (non-hydrogen) atoms. The SMILES string of the molecule is CC1CCCCN1S(=O)(=O)c1ccc(C(=O)N2CCC(=O)CC2)cc1. The molecule has 0 radical (unpaired) electrons. The summed E-state index contributed by atoms with van der Waals surface area (Å²) in [5.41, 5.74) is 0.458. The number of sulfonamides is 1. The second kappa shape index (κ2) is 7.25. The molecule has 2 saturated heterocycles. The Morgan fingerprint density at radius 3 is 2.28 bits per heavy atom. The molecule has 2 heterocycles. The first-order chi connectivity index (χ1) is 11.9. The number of benzene rings is 1. The van der Waals surface area contributed by atoms with Crippen LogP contribution in [-0.4, -0.2) is 55.0 Å². The van der Waals surface area contributed by atoms with Crippen LogP contribution in [0.25, 0.3) is 0 Å². The first-order valence-electron chi connectivity index (χ1n) is 8.82. The van der Waals surface area contributed by atoms with Gasteiger partial charge >= 0.3 is 0 Å². The average Bonchev–Trinajstić information content (AvgIpc) is 2.62. The van der Waals surface area contributed by atoms with E-state index in [1.54, 1.807) is 21.3 Å². The van der Waals surface area contributed by atoms with Gasteiger partial charge in [0.15, 0.2) is 0 Å². The Balaban J connectivity index is 1.75. The summed E-state index contributed by atoms with van der Waals surface area (Å²) in [6.45, 7) is 3.35. The van der Waals surface area contributed by atoms with Crippen molar-refractivity contribution in [2.24, 2.45) is 0 Å². The van der Waals surface area contributed by atoms with Crippen molar-refractivity contribution in [3.05, 3.63) is 29.8 Å². The van der Waals surface area contributed by atoms with E-state index < -0.39 is 10.0 Å². The highest BCUT2D eigenvalue weighted by Crippen LogP contribution is 2.25. The lowest BCUT2D eigenvalue weighted by Crippen LogP contribution is -2.42. The summed E-state index contributed by atoms with van der Waals surface area (Å²) in [6.07, 6.45) is 3.60. The molecule has 136 valence electrons. The minimum atomic E-state index is -3.52. The van der Waals surface area contributed by atoms with Crippen molar-refractivity contribution in [1.82, 2.24) is 9.21 Å². The Labute approximate surface area is 148 Å². The predicted octanol–water partition coefficient (Wildman–Crippen LogP) is 2.05. The van der Waals surface area contributed by atoms with E-state index in [1.165, 1.54) is 12.1 Å². The molecule has 2 fully saturated rings. The number of Topliss-reactive ketones (excluding diaryl/α,β-unsaturated/α-hetero) is 1. The lowest BCUT2D eigenvalue weighted by atomic mass is 10.1. The van der Waals surface area contributed by atoms with Crippen molar-refractivity contribution in [2.75, 3.05) is 19.6 Å². The van der Waals surface area contributed by atoms with Gasteiger partial charge in [-0.3, -0.25) is 9.59 Å². The zero-order valence-corrected chi connectivity index (χ0v) is 15.3. The maximum atomic E-state index is 12.8. The maximum Gasteiger partial charge on any atom is 0.253 e. The molecule has 0 saturated carbocycles. The number of nitrogens with zero attached hydrogens (tertiary/aromatic N) is 2. The number of carbonyl (C=O) groups is 2. The lowest BCUT2D eigenvalue weighted by Gasteiger charge is -2.32. The van der Waals surface area contributed by atoms with Crippen LogP contribution < -0.4 is 0 Å². The van der Waals surface area contributed by atoms with Gasteiger partial charge in [-0.2, -0.15) is 4.31 Å². The second-order valence-corrected chi connectivity index (χ2v) is 8.71. The van der Waals surface area contributed by atoms with Crippen LogP contribution in [0.4, 0.5) is 0 Å². The Morgan fingerprint density at radius 1 is 1.04 bits per heavy atom. The van der Waals surface area contributed by atoms with Crippen LogP contribution in [0.15, 0.2) is 29.2 Å². The maximum absolute atomic E-state index is 12.8. The first-order valence-corrected chi connectivity index (χ1v) is 10.3. The summed E-state index contributed by atoms with van der Waals surface area (Å²) in [5.74, 6) is 0.0314. The van der Waals surface area contributed by atoms with E-state index in [0.29, 0.717) is 38.0 Å². The van der Waals surface area contributed by atoms with Gasteiger partial charge in [0.1, 0.15) is 5.78 Å². The van der Waals surface area contributed by atoms with Crippen molar-refractivity contribution in [1.29, 1.82) is 0 Å². The Hall–Kier alpha value is -1.73. The molecule has 7 heteroatoms. The third-order valence-corrected chi connectivity index (χ3v) is 7.09. The van der Waals surface area contributed by atoms with Crippen LogP contribution in [0, 0.1) is 0 Å². The molecule has 0 aliphatic carbocycles. The van der Waals surface area contributed by atoms with Gasteiger partial charge in [-0.05, 0) is 44.0 Å². The number of likely N-dealkylation sites (tertiary alicyclic amines) is 1. The van der Waals surface area contributed by atoms with E-state index in [1.807, 2.05) is 6.92 Å². The molecule has 0 bridgehead atoms. The molecule has 0 aromatic heterocycles. The van der Waals surface area contributed by atoms with Crippen LogP contribution >= 0.6 is 0 Å². The summed E-state index contributed by atoms with van der Waals surface area (Å²) < 4.78 is 27.2. The van der Waals surface area contributed by atoms with Crippen molar-refractivity contribution in [2.45, 2.75) is 50.0 Å². The van der Waals surface area contributed by atoms with E-state index >= 15 is 0 Å². The highest BCUT2D eigenvalue weighted by atomic mass is 32.2. The van der Waals surface area contributed by atoms with E-state index in [2.05, 4.69) is 0 Å². The number of ketones is 1. The normalized spacial score (nSPS) is 22.8. The van der Waals surface area contributed by atoms with E-state index in [-0.39, 0.29) is 22.6 Å². The topological polar surface area (TPSA) is 74.8 Å². The molecule has 0 spiro atoms. The van der Waals surface area contributed by atoms with Crippen LogP contribution in [-0.2, 0) is 14.8 Å². The third-order valence-electron chi connectivity index (χ3n) is 5.06. The summed E-state index contributed by atoms with van der Waals surface area (Å²) in [7, 11) is -3.52. The monoisotopic (exact) mass is 364 g/mol. The number of hydrogen-bond donors (Lipinski definition) is 0. The van der Waals surface area contributed by atoms with Gasteiger partial charge in [-0.15, -0.1) is 0 Å². The van der Waals surface area contributed by atoms with Gasteiger partial charge in [0.2, 0.25) is 10.0 Å². The molecule has 3 rings (SSSR count). The predicted molar refractivity (Wildman–Crippen MR) is 93.8 cm³/mol. The van der Waals surface area contributed by atoms with Gasteiger partial charge < -0.3 is 4.90 Å². The minimum Gasteiger partial charge on any atom is -0.338 e. The molecule has 1 aromatic carbocycles. The Morgan fingerprint density at radius 2 is 1.68 bits per heavy atom. The molecule has 6 nitrogen and oxygen atoms in total. The standard InChI is InChI=1S/C18H24N2O4S/c1-14-4-2-3-11-20(14)25(23,24)17-7-5-15(6-8-17)18(22)19-12-9-16(21)10-13-19/h5-8,14H,2-4,9-13H2,1H3. The molecule has 1 unspecified atom stereocenters. The fourth-order valence-electron chi connectivity index (χ4n) is 3.48. The van der Waals surface area contributed by atoms with Crippen LogP contribution in [0.3, 0.4) is 0 Å². The van der Waals surface area contributed by atoms with E-state index in [0.717, 1.165) is 19.3 Å². The molecule has 2 aliphatic rings. The number of amides is 1. The number of carbonyl (C=O) groups excluding carboxylic acids is 2. The summed E-state index contributed by atoms with van der Waals surface area (Å²) in [6, 6.07) is 6.17. The second-order valence-electron chi connectivity index (χ2n) is 6.82. The van der Waals surface area contributed by atoms with Gasteiger partial charge in [-0.1, -0.05) is 6.42 Å². The molecule has 0 N–H and O–H groups in total. The summed E-state index contributed by atoms with van der Waals surface area (Å²) in [5, 5.41) is 0. The Kier molecular flexibility index (Phi) is 5.24. The fraction of sp³-hybridized carbons (Fsp3) is 0.556. The average molecular weight is 364 g/mol. The highest BCUT2D eigenvalue weighted by molar-refractivity contribution is 7.89. The van der Waals surface area contributed by atoms with Crippen molar-refractivity contribution in [3.63, 3.8) is 0 Å². The zero-order chi connectivity index (χ0) is 18.0. The smallest absolute Gasteiger partial charge is 0.253 e. The molecule has 1 aromatic rings. The first kappa shape index (κ1) is 18.1. The highest BCUT2D eigenvalue weighted by Gasteiger charge is 2.31.